The van der Waals surface area contributed by atoms with Gasteiger partial charge in [-0.1, -0.05) is 29.8 Å². The highest BCUT2D eigenvalue weighted by Crippen LogP contribution is 2.28. The monoisotopic (exact) mass is 340 g/mol. The van der Waals surface area contributed by atoms with E-state index in [1.54, 1.807) is 4.90 Å². The minimum absolute atomic E-state index is 0.00380. The van der Waals surface area contributed by atoms with Gasteiger partial charge in [0.2, 0.25) is 0 Å². The Hall–Kier alpha value is -1.30. The molecule has 1 fully saturated rings. The quantitative estimate of drug-likeness (QED) is 0.919. The van der Waals surface area contributed by atoms with Crippen molar-refractivity contribution in [1.82, 2.24) is 9.80 Å². The van der Waals surface area contributed by atoms with Crippen LogP contribution < -0.4 is 0 Å². The largest absolute Gasteiger partial charge is 0.444 e. The van der Waals surface area contributed by atoms with Crippen molar-refractivity contribution >= 4 is 17.7 Å². The first-order valence-electron chi connectivity index (χ1n) is 7.89. The fraction of sp³-hybridized carbons (Fsp3) is 0.588. The summed E-state index contributed by atoms with van der Waals surface area (Å²) in [5.74, 6) is 0. The lowest BCUT2D eigenvalue weighted by molar-refractivity contribution is 0.00658. The van der Waals surface area contributed by atoms with Crippen LogP contribution in [0.3, 0.4) is 0 Å². The summed E-state index contributed by atoms with van der Waals surface area (Å²) in [5.41, 5.74) is 0.432. The number of aliphatic hydroxyl groups is 1. The fourth-order valence-corrected chi connectivity index (χ4v) is 2.96. The molecule has 5 nitrogen and oxygen atoms in total. The standard InChI is InChI=1S/C17H25ClN2O3/c1-17(2,3)23-16(22)20-10-8-19(9-11-20)15(12-21)13-6-4-5-7-14(13)18/h4-7,15,21H,8-12H2,1-3H3/t15-/m1/s1. The second-order valence-electron chi connectivity index (χ2n) is 6.72. The molecule has 2 rings (SSSR count). The first kappa shape index (κ1) is 18.0. The van der Waals surface area contributed by atoms with Gasteiger partial charge in [-0.25, -0.2) is 4.79 Å². The number of aliphatic hydroxyl groups excluding tert-OH is 1. The molecule has 1 aromatic carbocycles. The maximum Gasteiger partial charge on any atom is 0.410 e. The molecule has 1 amide bonds. The molecule has 1 saturated heterocycles. The van der Waals surface area contributed by atoms with Crippen LogP contribution in [0, 0.1) is 0 Å². The zero-order valence-corrected chi connectivity index (χ0v) is 14.7. The van der Waals surface area contributed by atoms with Gasteiger partial charge in [-0.05, 0) is 32.4 Å². The van der Waals surface area contributed by atoms with Gasteiger partial charge in [-0.3, -0.25) is 4.90 Å². The predicted octanol–water partition coefficient (Wildman–Crippen LogP) is 2.93. The van der Waals surface area contributed by atoms with Crippen LogP contribution in [0.2, 0.25) is 5.02 Å². The summed E-state index contributed by atoms with van der Waals surface area (Å²) in [5, 5.41) is 10.4. The second kappa shape index (κ2) is 7.51. The number of carbonyl (C=O) groups is 1. The maximum atomic E-state index is 12.1. The van der Waals surface area contributed by atoms with Crippen LogP contribution in [0.25, 0.3) is 0 Å². The molecule has 0 radical (unpaired) electrons. The van der Waals surface area contributed by atoms with E-state index in [1.165, 1.54) is 0 Å². The molecule has 0 bridgehead atoms. The molecule has 6 heteroatoms. The molecule has 1 aliphatic rings. The van der Waals surface area contributed by atoms with E-state index in [0.717, 1.165) is 5.56 Å². The van der Waals surface area contributed by atoms with Crippen LogP contribution in [-0.4, -0.2) is 59.4 Å². The number of amides is 1. The van der Waals surface area contributed by atoms with Crippen LogP contribution in [0.1, 0.15) is 32.4 Å². The van der Waals surface area contributed by atoms with Crippen LogP contribution in [0.4, 0.5) is 4.79 Å². The minimum Gasteiger partial charge on any atom is -0.444 e. The van der Waals surface area contributed by atoms with Crippen LogP contribution >= 0.6 is 11.6 Å². The Morgan fingerprint density at radius 2 is 1.87 bits per heavy atom. The van der Waals surface area contributed by atoms with Gasteiger partial charge in [0.15, 0.2) is 0 Å². The molecule has 1 heterocycles. The van der Waals surface area contributed by atoms with Gasteiger partial charge in [0, 0.05) is 31.2 Å². The van der Waals surface area contributed by atoms with Gasteiger partial charge in [0.1, 0.15) is 5.60 Å². The predicted molar refractivity (Wildman–Crippen MR) is 90.7 cm³/mol. The highest BCUT2D eigenvalue weighted by molar-refractivity contribution is 6.31. The Morgan fingerprint density at radius 1 is 1.26 bits per heavy atom. The third-order valence-electron chi connectivity index (χ3n) is 3.84. The number of halogens is 1. The zero-order chi connectivity index (χ0) is 17.0. The SMILES string of the molecule is CC(C)(C)OC(=O)N1CCN([C@H](CO)c2ccccc2Cl)CC1. The van der Waals surface area contributed by atoms with Gasteiger partial charge in [0.05, 0.1) is 12.6 Å². The van der Waals surface area contributed by atoms with Gasteiger partial charge in [-0.15, -0.1) is 0 Å². The molecule has 0 aliphatic carbocycles. The van der Waals surface area contributed by atoms with Gasteiger partial charge in [0.25, 0.3) is 0 Å². The van der Waals surface area contributed by atoms with Crippen molar-refractivity contribution in [3.63, 3.8) is 0 Å². The Labute approximate surface area is 142 Å². The molecule has 1 aliphatic heterocycles. The lowest BCUT2D eigenvalue weighted by atomic mass is 10.1. The van der Waals surface area contributed by atoms with E-state index in [1.807, 2.05) is 45.0 Å². The summed E-state index contributed by atoms with van der Waals surface area (Å²) in [6.45, 7) is 8.09. The number of piperazine rings is 1. The number of rotatable bonds is 3. The molecule has 128 valence electrons. The normalized spacial score (nSPS) is 17.9. The van der Waals surface area contributed by atoms with E-state index in [0.29, 0.717) is 31.2 Å². The number of hydrogen-bond acceptors (Lipinski definition) is 4. The minimum atomic E-state index is -0.487. The van der Waals surface area contributed by atoms with Gasteiger partial charge < -0.3 is 14.7 Å². The Bertz CT molecular complexity index is 537. The molecular weight excluding hydrogens is 316 g/mol. The summed E-state index contributed by atoms with van der Waals surface area (Å²) >= 11 is 6.25. The van der Waals surface area contributed by atoms with Gasteiger partial charge >= 0.3 is 6.09 Å². The van der Waals surface area contributed by atoms with E-state index in [9.17, 15) is 9.90 Å². The highest BCUT2D eigenvalue weighted by Gasteiger charge is 2.29. The summed E-state index contributed by atoms with van der Waals surface area (Å²) in [7, 11) is 0. The van der Waals surface area contributed by atoms with Gasteiger partial charge in [-0.2, -0.15) is 0 Å². The Kier molecular flexibility index (Phi) is 5.89. The number of nitrogens with zero attached hydrogens (tertiary/aromatic N) is 2. The summed E-state index contributed by atoms with van der Waals surface area (Å²) in [6, 6.07) is 7.41. The van der Waals surface area contributed by atoms with Crippen LogP contribution in [0.15, 0.2) is 24.3 Å². The first-order chi connectivity index (χ1) is 10.8. The molecule has 0 spiro atoms. The average molecular weight is 341 g/mol. The Balaban J connectivity index is 1.98. The van der Waals surface area contributed by atoms with E-state index < -0.39 is 5.60 Å². The number of ether oxygens (including phenoxy) is 1. The second-order valence-corrected chi connectivity index (χ2v) is 7.13. The molecule has 1 aromatic rings. The van der Waals surface area contributed by atoms with Crippen LogP contribution in [-0.2, 0) is 4.74 Å². The topological polar surface area (TPSA) is 53.0 Å². The fourth-order valence-electron chi connectivity index (χ4n) is 2.70. The van der Waals surface area contributed by atoms with Crippen molar-refractivity contribution in [2.45, 2.75) is 32.4 Å². The Morgan fingerprint density at radius 3 is 2.39 bits per heavy atom. The van der Waals surface area contributed by atoms with E-state index in [2.05, 4.69) is 4.90 Å². The third-order valence-corrected chi connectivity index (χ3v) is 4.19. The highest BCUT2D eigenvalue weighted by atomic mass is 35.5. The van der Waals surface area contributed by atoms with Crippen molar-refractivity contribution in [1.29, 1.82) is 0 Å². The first-order valence-corrected chi connectivity index (χ1v) is 8.27. The summed E-state index contributed by atoms with van der Waals surface area (Å²) in [6.07, 6.45) is -0.282. The molecule has 0 aromatic heterocycles. The number of hydrogen-bond donors (Lipinski definition) is 1. The van der Waals surface area contributed by atoms with E-state index in [4.69, 9.17) is 16.3 Å². The van der Waals surface area contributed by atoms with E-state index in [-0.39, 0.29) is 18.7 Å². The van der Waals surface area contributed by atoms with Crippen molar-refractivity contribution < 1.29 is 14.6 Å². The number of benzene rings is 1. The zero-order valence-electron chi connectivity index (χ0n) is 14.0. The number of carbonyl (C=O) groups excluding carboxylic acids is 1. The van der Waals surface area contributed by atoms with Crippen LogP contribution in [0.5, 0.6) is 0 Å². The van der Waals surface area contributed by atoms with Crippen molar-refractivity contribution in [3.8, 4) is 0 Å². The average Bonchev–Trinajstić information content (AvgIpc) is 2.49. The molecule has 0 unspecified atom stereocenters. The molecular formula is C17H25ClN2O3. The van der Waals surface area contributed by atoms with Crippen molar-refractivity contribution in [2.24, 2.45) is 0 Å². The molecule has 23 heavy (non-hydrogen) atoms. The lowest BCUT2D eigenvalue weighted by Crippen LogP contribution is -2.51. The van der Waals surface area contributed by atoms with Crippen molar-refractivity contribution in [2.75, 3.05) is 32.8 Å². The summed E-state index contributed by atoms with van der Waals surface area (Å²) in [4.78, 5) is 16.0. The maximum absolute atomic E-state index is 12.1. The third kappa shape index (κ3) is 4.83. The smallest absolute Gasteiger partial charge is 0.410 e. The molecule has 1 N–H and O–H groups in total. The van der Waals surface area contributed by atoms with E-state index >= 15 is 0 Å². The van der Waals surface area contributed by atoms with Crippen molar-refractivity contribution in [3.05, 3.63) is 34.9 Å². The molecule has 0 saturated carbocycles. The molecule has 1 atom stereocenters. The summed E-state index contributed by atoms with van der Waals surface area (Å²) < 4.78 is 5.40. The lowest BCUT2D eigenvalue weighted by Gasteiger charge is -2.39.